The molecule has 2 heterocycles. The number of nitrogens with zero attached hydrogens (tertiary/aromatic N) is 3. The van der Waals surface area contributed by atoms with Crippen molar-refractivity contribution in [2.45, 2.75) is 37.8 Å². The lowest BCUT2D eigenvalue weighted by atomic mass is 9.93. The van der Waals surface area contributed by atoms with Gasteiger partial charge in [0.05, 0.1) is 12.1 Å². The number of aromatic nitrogens is 3. The van der Waals surface area contributed by atoms with Crippen molar-refractivity contribution in [3.05, 3.63) is 69.7 Å². The monoisotopic (exact) mass is 473 g/mol. The van der Waals surface area contributed by atoms with Gasteiger partial charge in [-0.1, -0.05) is 47.5 Å². The Balaban J connectivity index is 1.59. The van der Waals surface area contributed by atoms with E-state index in [1.165, 1.54) is 0 Å². The van der Waals surface area contributed by atoms with Gasteiger partial charge in [-0.25, -0.2) is 4.68 Å². The normalized spacial score (nSPS) is 17.3. The number of aliphatic carboxylic acids is 1. The molecule has 2 atom stereocenters. The summed E-state index contributed by atoms with van der Waals surface area (Å²) in [4.78, 5) is 27.3. The van der Waals surface area contributed by atoms with E-state index in [0.717, 1.165) is 11.1 Å². The Morgan fingerprint density at radius 1 is 1.03 bits per heavy atom. The molecule has 0 radical (unpaired) electrons. The van der Waals surface area contributed by atoms with Crippen molar-refractivity contribution in [2.75, 3.05) is 10.6 Å². The molecule has 2 aromatic carbocycles. The third kappa shape index (κ3) is 5.20. The molecule has 0 unspecified atom stereocenters. The Hall–Kier alpha value is -3.10. The number of carboxylic acids is 1. The molecule has 0 spiro atoms. The molecule has 32 heavy (non-hydrogen) atoms. The SMILES string of the molecule is O=C(O)CCCC(=O)Nc1nc2n(n1)[C@@H](c1ccc(Cl)cc1)C[C@H](c1ccc(Cl)cc1)N2. The van der Waals surface area contributed by atoms with Crippen LogP contribution in [-0.4, -0.2) is 31.7 Å². The summed E-state index contributed by atoms with van der Waals surface area (Å²) in [6, 6.07) is 15.0. The molecule has 0 aliphatic carbocycles. The number of hydrogen-bond acceptors (Lipinski definition) is 5. The van der Waals surface area contributed by atoms with E-state index in [0.29, 0.717) is 22.4 Å². The molecule has 4 rings (SSSR count). The van der Waals surface area contributed by atoms with Gasteiger partial charge in [-0.2, -0.15) is 4.98 Å². The summed E-state index contributed by atoms with van der Waals surface area (Å²) in [6.07, 6.45) is 0.964. The number of benzene rings is 2. The highest BCUT2D eigenvalue weighted by Crippen LogP contribution is 2.38. The van der Waals surface area contributed by atoms with Gasteiger partial charge in [0.2, 0.25) is 11.9 Å². The zero-order chi connectivity index (χ0) is 22.7. The second-order valence-corrected chi connectivity index (χ2v) is 8.42. The minimum absolute atomic E-state index is 0.0382. The number of amides is 1. The number of halogens is 2. The van der Waals surface area contributed by atoms with Crippen LogP contribution in [0.15, 0.2) is 48.5 Å². The molecule has 8 nitrogen and oxygen atoms in total. The van der Waals surface area contributed by atoms with Crippen molar-refractivity contribution in [1.82, 2.24) is 14.8 Å². The van der Waals surface area contributed by atoms with E-state index in [9.17, 15) is 9.59 Å². The van der Waals surface area contributed by atoms with Crippen LogP contribution in [0.3, 0.4) is 0 Å². The van der Waals surface area contributed by atoms with Crippen LogP contribution in [0.5, 0.6) is 0 Å². The quantitative estimate of drug-likeness (QED) is 0.448. The number of hydrogen-bond donors (Lipinski definition) is 3. The van der Waals surface area contributed by atoms with Crippen molar-refractivity contribution in [2.24, 2.45) is 0 Å². The summed E-state index contributed by atoms with van der Waals surface area (Å²) in [7, 11) is 0. The Kier molecular flexibility index (Phi) is 6.62. The first-order valence-corrected chi connectivity index (χ1v) is 10.9. The maximum Gasteiger partial charge on any atom is 0.303 e. The highest BCUT2D eigenvalue weighted by Gasteiger charge is 2.31. The van der Waals surface area contributed by atoms with Crippen LogP contribution in [-0.2, 0) is 9.59 Å². The second-order valence-electron chi connectivity index (χ2n) is 7.55. The van der Waals surface area contributed by atoms with Crippen molar-refractivity contribution in [1.29, 1.82) is 0 Å². The van der Waals surface area contributed by atoms with Gasteiger partial charge in [0.15, 0.2) is 0 Å². The van der Waals surface area contributed by atoms with E-state index in [4.69, 9.17) is 28.3 Å². The van der Waals surface area contributed by atoms with E-state index < -0.39 is 5.97 Å². The van der Waals surface area contributed by atoms with Crippen LogP contribution in [0.2, 0.25) is 10.0 Å². The fourth-order valence-corrected chi connectivity index (χ4v) is 3.95. The summed E-state index contributed by atoms with van der Waals surface area (Å²) in [5.74, 6) is -0.566. The molecule has 3 N–H and O–H groups in total. The lowest BCUT2D eigenvalue weighted by Crippen LogP contribution is -2.28. The van der Waals surface area contributed by atoms with E-state index in [-0.39, 0.29) is 43.2 Å². The standard InChI is InChI=1S/C22H21Cl2N5O3/c23-15-8-4-13(5-9-15)17-12-18(14-6-10-16(24)11-7-14)29-22(25-17)27-21(28-29)26-19(30)2-1-3-20(31)32/h4-11,17-18H,1-3,12H2,(H,31,32)(H2,25,26,27,28,30)/t17-,18-/m1/s1. The number of fused-ring (bicyclic) bond motifs is 1. The number of rotatable bonds is 7. The van der Waals surface area contributed by atoms with Crippen molar-refractivity contribution < 1.29 is 14.7 Å². The van der Waals surface area contributed by atoms with Gasteiger partial charge in [0, 0.05) is 22.9 Å². The van der Waals surface area contributed by atoms with Crippen molar-refractivity contribution in [3.8, 4) is 0 Å². The molecule has 1 aliphatic heterocycles. The zero-order valence-electron chi connectivity index (χ0n) is 17.0. The highest BCUT2D eigenvalue weighted by molar-refractivity contribution is 6.30. The summed E-state index contributed by atoms with van der Waals surface area (Å²) in [5.41, 5.74) is 2.07. The molecule has 0 saturated heterocycles. The van der Waals surface area contributed by atoms with Gasteiger partial charge < -0.3 is 10.4 Å². The first-order chi connectivity index (χ1) is 15.4. The summed E-state index contributed by atoms with van der Waals surface area (Å²) < 4.78 is 1.75. The molecule has 1 amide bonds. The number of nitrogens with one attached hydrogen (secondary N) is 2. The van der Waals surface area contributed by atoms with Crippen molar-refractivity contribution in [3.63, 3.8) is 0 Å². The molecule has 0 saturated carbocycles. The average molecular weight is 474 g/mol. The van der Waals surface area contributed by atoms with Crippen LogP contribution in [0.4, 0.5) is 11.9 Å². The van der Waals surface area contributed by atoms with Crippen LogP contribution < -0.4 is 10.6 Å². The number of anilines is 2. The van der Waals surface area contributed by atoms with Gasteiger partial charge in [-0.15, -0.1) is 5.10 Å². The lowest BCUT2D eigenvalue weighted by molar-refractivity contribution is -0.137. The maximum atomic E-state index is 12.2. The Morgan fingerprint density at radius 2 is 1.66 bits per heavy atom. The van der Waals surface area contributed by atoms with Gasteiger partial charge in [0.25, 0.3) is 5.95 Å². The molecule has 1 aliphatic rings. The van der Waals surface area contributed by atoms with E-state index in [1.807, 2.05) is 48.5 Å². The fraction of sp³-hybridized carbons (Fsp3) is 0.273. The van der Waals surface area contributed by atoms with E-state index >= 15 is 0 Å². The second kappa shape index (κ2) is 9.58. The minimum Gasteiger partial charge on any atom is -0.481 e. The van der Waals surface area contributed by atoms with Crippen LogP contribution in [0.25, 0.3) is 0 Å². The summed E-state index contributed by atoms with van der Waals surface area (Å²) in [5, 5.41) is 20.6. The Morgan fingerprint density at radius 3 is 2.28 bits per heavy atom. The van der Waals surface area contributed by atoms with E-state index in [2.05, 4.69) is 20.7 Å². The topological polar surface area (TPSA) is 109 Å². The molecule has 0 bridgehead atoms. The summed E-state index contributed by atoms with van der Waals surface area (Å²) in [6.45, 7) is 0. The van der Waals surface area contributed by atoms with E-state index in [1.54, 1.807) is 4.68 Å². The number of carboxylic acid groups (broad SMARTS) is 1. The predicted molar refractivity (Wildman–Crippen MR) is 122 cm³/mol. The number of carbonyl (C=O) groups excluding carboxylic acids is 1. The first kappa shape index (κ1) is 22.1. The highest BCUT2D eigenvalue weighted by atomic mass is 35.5. The van der Waals surface area contributed by atoms with Crippen LogP contribution in [0, 0.1) is 0 Å². The molecular formula is C22H21Cl2N5O3. The van der Waals surface area contributed by atoms with Gasteiger partial charge in [0.1, 0.15) is 0 Å². The molecule has 10 heteroatoms. The molecule has 3 aromatic rings. The van der Waals surface area contributed by atoms with Crippen LogP contribution >= 0.6 is 23.2 Å². The van der Waals surface area contributed by atoms with Crippen molar-refractivity contribution >= 4 is 47.0 Å². The third-order valence-electron chi connectivity index (χ3n) is 5.26. The molecule has 1 aromatic heterocycles. The van der Waals surface area contributed by atoms with Gasteiger partial charge in [-0.3, -0.25) is 14.9 Å². The maximum absolute atomic E-state index is 12.2. The Bertz CT molecular complexity index is 1120. The average Bonchev–Trinajstić information content (AvgIpc) is 3.16. The number of carbonyl (C=O) groups is 2. The smallest absolute Gasteiger partial charge is 0.303 e. The zero-order valence-corrected chi connectivity index (χ0v) is 18.5. The third-order valence-corrected chi connectivity index (χ3v) is 5.77. The van der Waals surface area contributed by atoms with Gasteiger partial charge in [-0.05, 0) is 48.2 Å². The minimum atomic E-state index is -0.934. The lowest BCUT2D eigenvalue weighted by Gasteiger charge is -2.31. The predicted octanol–water partition coefficient (Wildman–Crippen LogP) is 4.92. The molecule has 166 valence electrons. The van der Waals surface area contributed by atoms with Crippen LogP contribution in [0.1, 0.15) is 48.9 Å². The molecule has 0 fully saturated rings. The van der Waals surface area contributed by atoms with Gasteiger partial charge >= 0.3 is 5.97 Å². The largest absolute Gasteiger partial charge is 0.481 e. The Labute approximate surface area is 194 Å². The summed E-state index contributed by atoms with van der Waals surface area (Å²) >= 11 is 12.1. The first-order valence-electron chi connectivity index (χ1n) is 10.1. The fourth-order valence-electron chi connectivity index (χ4n) is 3.69. The molecular weight excluding hydrogens is 453 g/mol.